The molecular formula is C18H29FN2. The van der Waals surface area contributed by atoms with Crippen LogP contribution in [0.25, 0.3) is 0 Å². The lowest BCUT2D eigenvalue weighted by molar-refractivity contribution is 0.221. The maximum absolute atomic E-state index is 13.6. The molecule has 0 aliphatic carbocycles. The van der Waals surface area contributed by atoms with Crippen LogP contribution in [0, 0.1) is 24.1 Å². The highest BCUT2D eigenvalue weighted by Crippen LogP contribution is 2.30. The van der Waals surface area contributed by atoms with Crippen LogP contribution in [0.2, 0.25) is 0 Å². The Balaban J connectivity index is 2.31. The third kappa shape index (κ3) is 3.57. The predicted molar refractivity (Wildman–Crippen MR) is 88.4 cm³/mol. The lowest BCUT2D eigenvalue weighted by atomic mass is 9.83. The summed E-state index contributed by atoms with van der Waals surface area (Å²) in [6.45, 7) is 15.1. The van der Waals surface area contributed by atoms with E-state index >= 15 is 0 Å². The van der Waals surface area contributed by atoms with Crippen molar-refractivity contribution in [1.29, 1.82) is 0 Å². The second-order valence-corrected chi connectivity index (χ2v) is 7.72. The van der Waals surface area contributed by atoms with Gasteiger partial charge in [0.1, 0.15) is 5.82 Å². The Hall–Kier alpha value is -1.09. The summed E-state index contributed by atoms with van der Waals surface area (Å²) in [6, 6.07) is 6.39. The molecule has 1 heterocycles. The molecule has 1 aliphatic rings. The zero-order chi connectivity index (χ0) is 15.8. The monoisotopic (exact) mass is 292 g/mol. The van der Waals surface area contributed by atoms with Crippen LogP contribution in [0.15, 0.2) is 18.2 Å². The van der Waals surface area contributed by atoms with Gasteiger partial charge in [0.2, 0.25) is 0 Å². The Morgan fingerprint density at radius 2 is 1.95 bits per heavy atom. The largest absolute Gasteiger partial charge is 0.365 e. The normalized spacial score (nSPS) is 23.7. The van der Waals surface area contributed by atoms with Crippen LogP contribution in [0.4, 0.5) is 10.1 Å². The number of benzene rings is 1. The van der Waals surface area contributed by atoms with Crippen LogP contribution in [-0.2, 0) is 0 Å². The number of hydrogen-bond donors (Lipinski definition) is 1. The second kappa shape index (κ2) is 5.96. The number of piperazine rings is 1. The molecule has 0 radical (unpaired) electrons. The van der Waals surface area contributed by atoms with Gasteiger partial charge in [-0.3, -0.25) is 0 Å². The van der Waals surface area contributed by atoms with Gasteiger partial charge in [0.25, 0.3) is 0 Å². The molecule has 118 valence electrons. The molecule has 0 aromatic heterocycles. The third-order valence-corrected chi connectivity index (χ3v) is 4.64. The van der Waals surface area contributed by atoms with E-state index in [2.05, 4.69) is 44.8 Å². The fourth-order valence-electron chi connectivity index (χ4n) is 3.05. The van der Waals surface area contributed by atoms with Gasteiger partial charge in [0.15, 0.2) is 0 Å². The van der Waals surface area contributed by atoms with E-state index < -0.39 is 0 Å². The summed E-state index contributed by atoms with van der Waals surface area (Å²) in [7, 11) is 0. The van der Waals surface area contributed by atoms with Gasteiger partial charge in [-0.2, -0.15) is 0 Å². The molecule has 1 saturated heterocycles. The third-order valence-electron chi connectivity index (χ3n) is 4.64. The summed E-state index contributed by atoms with van der Waals surface area (Å²) in [5, 5.41) is 3.70. The molecular weight excluding hydrogens is 263 g/mol. The number of aryl methyl sites for hydroxylation is 1. The molecule has 2 nitrogen and oxygen atoms in total. The van der Waals surface area contributed by atoms with E-state index in [1.807, 2.05) is 19.1 Å². The number of halogens is 1. The first-order valence-electron chi connectivity index (χ1n) is 7.96. The van der Waals surface area contributed by atoms with Gasteiger partial charge in [-0.25, -0.2) is 4.39 Å². The van der Waals surface area contributed by atoms with Crippen molar-refractivity contribution in [2.24, 2.45) is 11.3 Å². The van der Waals surface area contributed by atoms with Crippen LogP contribution in [0.3, 0.4) is 0 Å². The van der Waals surface area contributed by atoms with Crippen molar-refractivity contribution in [3.63, 3.8) is 0 Å². The van der Waals surface area contributed by atoms with Crippen LogP contribution in [0.1, 0.15) is 40.2 Å². The smallest absolute Gasteiger partial charge is 0.126 e. The lowest BCUT2D eigenvalue weighted by Crippen LogP contribution is -2.62. The van der Waals surface area contributed by atoms with Gasteiger partial charge in [-0.05, 0) is 42.0 Å². The van der Waals surface area contributed by atoms with Crippen LogP contribution < -0.4 is 10.2 Å². The molecule has 3 heteroatoms. The number of hydrogen-bond acceptors (Lipinski definition) is 2. The molecule has 1 fully saturated rings. The average molecular weight is 292 g/mol. The maximum atomic E-state index is 13.6. The minimum atomic E-state index is -0.123. The summed E-state index contributed by atoms with van der Waals surface area (Å²) < 4.78 is 13.6. The van der Waals surface area contributed by atoms with E-state index in [9.17, 15) is 4.39 Å². The van der Waals surface area contributed by atoms with Gasteiger partial charge >= 0.3 is 0 Å². The molecule has 0 amide bonds. The minimum Gasteiger partial charge on any atom is -0.365 e. The number of anilines is 1. The van der Waals surface area contributed by atoms with E-state index in [-0.39, 0.29) is 11.2 Å². The first-order valence-corrected chi connectivity index (χ1v) is 7.96. The predicted octanol–water partition coefficient (Wildman–Crippen LogP) is 3.98. The van der Waals surface area contributed by atoms with Crippen molar-refractivity contribution in [1.82, 2.24) is 5.32 Å². The summed E-state index contributed by atoms with van der Waals surface area (Å²) in [4.78, 5) is 2.46. The van der Waals surface area contributed by atoms with Gasteiger partial charge in [-0.1, -0.05) is 34.6 Å². The molecule has 1 aromatic carbocycles. The van der Waals surface area contributed by atoms with Crippen molar-refractivity contribution in [3.8, 4) is 0 Å². The van der Waals surface area contributed by atoms with Crippen molar-refractivity contribution in [2.45, 2.75) is 53.6 Å². The Labute approximate surface area is 128 Å². The van der Waals surface area contributed by atoms with Crippen LogP contribution in [0.5, 0.6) is 0 Å². The number of nitrogens with zero attached hydrogens (tertiary/aromatic N) is 1. The maximum Gasteiger partial charge on any atom is 0.126 e. The quantitative estimate of drug-likeness (QED) is 0.887. The molecule has 1 N–H and O–H groups in total. The highest BCUT2D eigenvalue weighted by Gasteiger charge is 2.35. The molecule has 0 bridgehead atoms. The molecule has 2 rings (SSSR count). The molecule has 0 saturated carbocycles. The summed E-state index contributed by atoms with van der Waals surface area (Å²) in [5.74, 6) is 0.436. The van der Waals surface area contributed by atoms with Gasteiger partial charge in [-0.15, -0.1) is 0 Å². The summed E-state index contributed by atoms with van der Waals surface area (Å²) in [5.41, 5.74) is 2.08. The summed E-state index contributed by atoms with van der Waals surface area (Å²) >= 11 is 0. The van der Waals surface area contributed by atoms with Crippen LogP contribution >= 0.6 is 0 Å². The standard InChI is InChI=1S/C18H29FN2/c1-12(2)16-10-20-17(18(4,5)6)11-21(16)14-7-8-15(19)13(3)9-14/h7-9,12,16-17,20H,10-11H2,1-6H3. The fraction of sp³-hybridized carbons (Fsp3) is 0.667. The molecule has 21 heavy (non-hydrogen) atoms. The van der Waals surface area contributed by atoms with Gasteiger partial charge < -0.3 is 10.2 Å². The van der Waals surface area contributed by atoms with E-state index in [1.54, 1.807) is 6.07 Å². The highest BCUT2D eigenvalue weighted by atomic mass is 19.1. The zero-order valence-corrected chi connectivity index (χ0v) is 14.2. The molecule has 1 aliphatic heterocycles. The zero-order valence-electron chi connectivity index (χ0n) is 14.2. The molecule has 0 spiro atoms. The number of rotatable bonds is 2. The van der Waals surface area contributed by atoms with Crippen molar-refractivity contribution in [3.05, 3.63) is 29.6 Å². The van der Waals surface area contributed by atoms with E-state index in [1.165, 1.54) is 0 Å². The Morgan fingerprint density at radius 3 is 2.48 bits per heavy atom. The van der Waals surface area contributed by atoms with Crippen LogP contribution in [-0.4, -0.2) is 25.2 Å². The molecule has 1 aromatic rings. The first kappa shape index (κ1) is 16.3. The first-order chi connectivity index (χ1) is 9.70. The average Bonchev–Trinajstić information content (AvgIpc) is 2.40. The van der Waals surface area contributed by atoms with E-state index in [0.717, 1.165) is 24.3 Å². The lowest BCUT2D eigenvalue weighted by Gasteiger charge is -2.47. The molecule has 2 atom stereocenters. The number of nitrogens with one attached hydrogen (secondary N) is 1. The Bertz CT molecular complexity index is 490. The van der Waals surface area contributed by atoms with Gasteiger partial charge in [0.05, 0.1) is 0 Å². The topological polar surface area (TPSA) is 15.3 Å². The van der Waals surface area contributed by atoms with E-state index in [0.29, 0.717) is 18.0 Å². The van der Waals surface area contributed by atoms with Crippen molar-refractivity contribution < 1.29 is 4.39 Å². The minimum absolute atomic E-state index is 0.123. The van der Waals surface area contributed by atoms with Gasteiger partial charge in [0, 0.05) is 30.9 Å². The highest BCUT2D eigenvalue weighted by molar-refractivity contribution is 5.51. The Kier molecular flexibility index (Phi) is 4.62. The second-order valence-electron chi connectivity index (χ2n) is 7.72. The van der Waals surface area contributed by atoms with E-state index in [4.69, 9.17) is 0 Å². The fourth-order valence-corrected chi connectivity index (χ4v) is 3.05. The Morgan fingerprint density at radius 1 is 1.29 bits per heavy atom. The summed E-state index contributed by atoms with van der Waals surface area (Å²) in [6.07, 6.45) is 0. The van der Waals surface area contributed by atoms with Crippen molar-refractivity contribution >= 4 is 5.69 Å². The van der Waals surface area contributed by atoms with Crippen molar-refractivity contribution in [2.75, 3.05) is 18.0 Å². The SMILES string of the molecule is Cc1cc(N2CC(C(C)(C)C)NCC2C(C)C)ccc1F. The molecule has 2 unspecified atom stereocenters.